The first-order chi connectivity index (χ1) is 20.2. The number of benzene rings is 2. The van der Waals surface area contributed by atoms with Crippen molar-refractivity contribution in [1.82, 2.24) is 9.55 Å². The van der Waals surface area contributed by atoms with Crippen LogP contribution in [0.2, 0.25) is 0 Å². The Balaban J connectivity index is 0.00000244. The number of hydrogen-bond acceptors (Lipinski definition) is 9. The van der Waals surface area contributed by atoms with Gasteiger partial charge in [-0.2, -0.15) is 5.26 Å². The Bertz CT molecular complexity index is 1640. The molecule has 2 aromatic carbocycles. The Morgan fingerprint density at radius 1 is 1.16 bits per heavy atom. The minimum absolute atomic E-state index is 0. The van der Waals surface area contributed by atoms with Crippen molar-refractivity contribution in [2.45, 2.75) is 46.5 Å². The molecule has 0 bridgehead atoms. The van der Waals surface area contributed by atoms with Gasteiger partial charge in [0.15, 0.2) is 6.40 Å². The van der Waals surface area contributed by atoms with Gasteiger partial charge in [0.1, 0.15) is 11.5 Å². The molecule has 3 aromatic rings. The minimum Gasteiger partial charge on any atom is -0.412 e. The number of carbonyl (C=O) groups is 1. The third-order valence-corrected chi connectivity index (χ3v) is 5.43. The van der Waals surface area contributed by atoms with Crippen LogP contribution in [-0.4, -0.2) is 46.8 Å². The summed E-state index contributed by atoms with van der Waals surface area (Å²) < 4.78 is 55.3. The van der Waals surface area contributed by atoms with E-state index in [1.54, 1.807) is 40.1 Å². The number of nitrogens with zero attached hydrogens (tertiary/aromatic N) is 4. The van der Waals surface area contributed by atoms with E-state index in [9.17, 15) is 37.2 Å². The van der Waals surface area contributed by atoms with E-state index in [0.717, 1.165) is 16.7 Å². The van der Waals surface area contributed by atoms with Crippen LogP contribution in [0.1, 0.15) is 65.0 Å². The lowest BCUT2D eigenvalue weighted by atomic mass is 9.95. The molecule has 0 saturated heterocycles. The zero-order valence-corrected chi connectivity index (χ0v) is 24.5. The summed E-state index contributed by atoms with van der Waals surface area (Å²) in [5.74, 6) is 5.91. The lowest BCUT2D eigenvalue weighted by Crippen LogP contribution is -2.38. The summed E-state index contributed by atoms with van der Waals surface area (Å²) in [5.41, 5.74) is -1.31. The van der Waals surface area contributed by atoms with E-state index in [-0.39, 0.29) is 45.5 Å². The van der Waals surface area contributed by atoms with Gasteiger partial charge in [-0.1, -0.05) is 13.8 Å². The smallest absolute Gasteiger partial charge is 0.412 e. The highest BCUT2D eigenvalue weighted by atomic mass is 19.4. The number of hydrazine groups is 1. The molecular formula is C28H33F4N7O5. The first-order valence-electron chi connectivity index (χ1n) is 12.4. The lowest BCUT2D eigenvalue weighted by Gasteiger charge is -2.18. The van der Waals surface area contributed by atoms with E-state index in [1.165, 1.54) is 18.2 Å². The van der Waals surface area contributed by atoms with Gasteiger partial charge in [-0.3, -0.25) is 30.8 Å². The number of H-pyrrole nitrogens is 1. The van der Waals surface area contributed by atoms with Gasteiger partial charge in [0.25, 0.3) is 5.56 Å². The molecule has 0 saturated carbocycles. The Kier molecular flexibility index (Phi) is 15.8. The van der Waals surface area contributed by atoms with Crippen LogP contribution in [0.25, 0.3) is 0 Å². The van der Waals surface area contributed by atoms with Gasteiger partial charge < -0.3 is 15.2 Å². The van der Waals surface area contributed by atoms with Crippen LogP contribution >= 0.6 is 0 Å². The molecule has 0 spiro atoms. The van der Waals surface area contributed by atoms with Crippen LogP contribution in [0.15, 0.2) is 56.0 Å². The van der Waals surface area contributed by atoms with Gasteiger partial charge in [0.05, 0.1) is 23.9 Å². The summed E-state index contributed by atoms with van der Waals surface area (Å²) in [6.07, 6.45) is -3.13. The maximum atomic E-state index is 14.2. The summed E-state index contributed by atoms with van der Waals surface area (Å²) in [5, 5.41) is 9.29. The summed E-state index contributed by atoms with van der Waals surface area (Å²) in [6.45, 7) is 6.42. The van der Waals surface area contributed by atoms with Crippen LogP contribution in [0.3, 0.4) is 0 Å². The molecule has 0 unspecified atom stereocenters. The van der Waals surface area contributed by atoms with E-state index in [0.29, 0.717) is 5.56 Å². The van der Waals surface area contributed by atoms with Gasteiger partial charge >= 0.3 is 12.1 Å². The monoisotopic (exact) mass is 623 g/mol. The number of alkyl halides is 3. The molecule has 0 atom stereocenters. The molecule has 1 aromatic heterocycles. The highest BCUT2D eigenvalue weighted by molar-refractivity contribution is 6.09. The minimum atomic E-state index is -4.98. The van der Waals surface area contributed by atoms with E-state index < -0.39 is 41.7 Å². The summed E-state index contributed by atoms with van der Waals surface area (Å²) in [4.78, 5) is 48.3. The van der Waals surface area contributed by atoms with Crippen LogP contribution in [0.4, 0.5) is 23.2 Å². The number of rotatable bonds is 7. The molecule has 12 nitrogen and oxygen atoms in total. The van der Waals surface area contributed by atoms with Crippen molar-refractivity contribution >= 4 is 24.1 Å². The molecule has 238 valence electrons. The van der Waals surface area contributed by atoms with Gasteiger partial charge in [0, 0.05) is 18.2 Å². The van der Waals surface area contributed by atoms with Crippen LogP contribution < -0.4 is 22.9 Å². The van der Waals surface area contributed by atoms with Crippen molar-refractivity contribution in [1.29, 1.82) is 5.26 Å². The normalized spacial score (nSPS) is 10.8. The Morgan fingerprint density at radius 2 is 1.77 bits per heavy atom. The zero-order chi connectivity index (χ0) is 32.9. The number of nitrogens with two attached hydrogens (primary N) is 2. The number of nitrogens with one attached hydrogen (secondary N) is 1. The predicted octanol–water partition coefficient (Wildman–Crippen LogP) is 3.16. The number of halogens is 4. The topological polar surface area (TPSA) is 213 Å². The molecule has 44 heavy (non-hydrogen) atoms. The number of ether oxygens (including phenoxy) is 1. The largest absolute Gasteiger partial charge is 0.573 e. The van der Waals surface area contributed by atoms with Crippen molar-refractivity contribution in [3.05, 3.63) is 96.6 Å². The van der Waals surface area contributed by atoms with Gasteiger partial charge in [0.2, 0.25) is 5.78 Å². The molecule has 3 rings (SSSR count). The van der Waals surface area contributed by atoms with Crippen LogP contribution in [0.5, 0.6) is 0 Å². The second kappa shape index (κ2) is 17.9. The fourth-order valence-corrected chi connectivity index (χ4v) is 3.76. The number of aliphatic imine (C=N–C) groups is 2. The predicted molar refractivity (Wildman–Crippen MR) is 158 cm³/mol. The summed E-state index contributed by atoms with van der Waals surface area (Å²) >= 11 is 0. The van der Waals surface area contributed by atoms with Crippen LogP contribution in [-0.2, 0) is 11.3 Å². The van der Waals surface area contributed by atoms with Crippen molar-refractivity contribution < 1.29 is 32.6 Å². The van der Waals surface area contributed by atoms with E-state index in [1.807, 2.05) is 13.0 Å². The molecule has 16 heteroatoms. The average Bonchev–Trinajstić information content (AvgIpc) is 2.93. The van der Waals surface area contributed by atoms with Crippen LogP contribution in [0, 0.1) is 24.1 Å². The lowest BCUT2D eigenvalue weighted by molar-refractivity contribution is -0.280. The highest BCUT2D eigenvalue weighted by Crippen LogP contribution is 2.23. The van der Waals surface area contributed by atoms with Gasteiger partial charge in [-0.15, -0.1) is 13.2 Å². The molecule has 0 aliphatic rings. The van der Waals surface area contributed by atoms with E-state index in [4.69, 9.17) is 0 Å². The quantitative estimate of drug-likeness (QED) is 0.0892. The van der Waals surface area contributed by atoms with E-state index in [2.05, 4.69) is 31.4 Å². The molecule has 0 radical (unpaired) electrons. The first kappa shape index (κ1) is 39.0. The zero-order valence-electron chi connectivity index (χ0n) is 24.5. The molecule has 0 aliphatic carbocycles. The van der Waals surface area contributed by atoms with Gasteiger partial charge in [-0.25, -0.2) is 14.2 Å². The number of aromatic nitrogens is 2. The standard InChI is InChI=1S/C25H20F4N4O4.C3H7N.H4N2.H2O/c1-13(2)20-21(22(34)17-5-14(3)4-15(6-17)10-30)33(24(36)32-23(20)35)11-16-7-18(26)9-19(8-16)31-12-37-25(27,28)29;1-3-4-2;1-2;/h4-9,12-13H,11H2,1-3H3,(H,32,35,36);3H,1-2H3;1-2H2;1H2. The van der Waals surface area contributed by atoms with E-state index >= 15 is 0 Å². The number of ketones is 1. The highest BCUT2D eigenvalue weighted by Gasteiger charge is 2.29. The van der Waals surface area contributed by atoms with Crippen molar-refractivity contribution in [3.8, 4) is 6.07 Å². The number of aryl methyl sites for hydroxylation is 1. The first-order valence-corrected chi connectivity index (χ1v) is 12.4. The molecular weight excluding hydrogens is 590 g/mol. The van der Waals surface area contributed by atoms with Crippen molar-refractivity contribution in [2.24, 2.45) is 21.7 Å². The number of nitriles is 1. The Hall–Kier alpha value is -4.98. The number of aromatic amines is 1. The molecule has 0 amide bonds. The fourth-order valence-electron chi connectivity index (χ4n) is 3.76. The second-order valence-electron chi connectivity index (χ2n) is 8.92. The Morgan fingerprint density at radius 3 is 2.30 bits per heavy atom. The molecule has 0 aliphatic heterocycles. The third-order valence-electron chi connectivity index (χ3n) is 5.43. The molecule has 1 heterocycles. The average molecular weight is 624 g/mol. The SMILES string of the molecule is CC=NC.Cc1cc(C#N)cc(C(=O)c2c(C(C)C)c(=O)[nH]c(=O)n2Cc2cc(F)cc(N=COC(F)(F)F)c2)c1.NN.O. The molecule has 0 fully saturated rings. The number of hydrogen-bond donors (Lipinski definition) is 3. The third kappa shape index (κ3) is 11.4. The van der Waals surface area contributed by atoms with Crippen molar-refractivity contribution in [2.75, 3.05) is 7.05 Å². The maximum absolute atomic E-state index is 14.2. The second-order valence-corrected chi connectivity index (χ2v) is 8.92. The maximum Gasteiger partial charge on any atom is 0.573 e. The van der Waals surface area contributed by atoms with Crippen molar-refractivity contribution in [3.63, 3.8) is 0 Å². The summed E-state index contributed by atoms with van der Waals surface area (Å²) in [6, 6.07) is 9.37. The Labute approximate surface area is 249 Å². The fraction of sp³-hybridized carbons (Fsp3) is 0.286. The summed E-state index contributed by atoms with van der Waals surface area (Å²) in [7, 11) is 1.75. The molecule has 7 N–H and O–H groups in total. The van der Waals surface area contributed by atoms with Gasteiger partial charge in [-0.05, 0) is 73.5 Å². The number of carbonyl (C=O) groups excluding carboxylic acids is 1.